The van der Waals surface area contributed by atoms with Crippen LogP contribution in [0.3, 0.4) is 0 Å². The smallest absolute Gasteiger partial charge is 0.00174 e. The van der Waals surface area contributed by atoms with Crippen molar-refractivity contribution in [2.75, 3.05) is 13.1 Å². The van der Waals surface area contributed by atoms with Gasteiger partial charge in [-0.25, -0.2) is 0 Å². The fraction of sp³-hybridized carbons (Fsp3) is 0.368. The van der Waals surface area contributed by atoms with Gasteiger partial charge in [-0.15, -0.1) is 0 Å². The highest BCUT2D eigenvalue weighted by Gasteiger charge is 2.06. The van der Waals surface area contributed by atoms with E-state index in [1.54, 1.807) is 0 Å². The van der Waals surface area contributed by atoms with Crippen molar-refractivity contribution >= 4 is 0 Å². The molecule has 0 radical (unpaired) electrons. The highest BCUT2D eigenvalue weighted by Crippen LogP contribution is 2.18. The van der Waals surface area contributed by atoms with Gasteiger partial charge in [0.1, 0.15) is 0 Å². The van der Waals surface area contributed by atoms with Crippen molar-refractivity contribution < 1.29 is 0 Å². The predicted molar refractivity (Wildman–Crippen MR) is 87.2 cm³/mol. The number of nitrogens with one attached hydrogen (secondary N) is 1. The summed E-state index contributed by atoms with van der Waals surface area (Å²) in [5.74, 6) is 1.19. The second-order valence-corrected chi connectivity index (χ2v) is 5.62. The van der Waals surface area contributed by atoms with Gasteiger partial charge in [0.25, 0.3) is 0 Å². The molecule has 0 spiro atoms. The fourth-order valence-corrected chi connectivity index (χ4v) is 2.48. The van der Waals surface area contributed by atoms with Gasteiger partial charge < -0.3 is 5.32 Å². The molecular weight excluding hydrogens is 242 g/mol. The van der Waals surface area contributed by atoms with E-state index in [2.05, 4.69) is 79.8 Å². The summed E-state index contributed by atoms with van der Waals surface area (Å²) in [4.78, 5) is 0. The Balaban J connectivity index is 1.69. The summed E-state index contributed by atoms with van der Waals surface area (Å²) in [5.41, 5.74) is 2.85. The summed E-state index contributed by atoms with van der Waals surface area (Å²) < 4.78 is 0. The maximum absolute atomic E-state index is 3.58. The van der Waals surface area contributed by atoms with Crippen LogP contribution in [0.2, 0.25) is 0 Å². The SMILES string of the molecule is CC(CCNCC(C)c1ccccc1)c1ccccc1. The van der Waals surface area contributed by atoms with Gasteiger partial charge in [-0.2, -0.15) is 0 Å². The fourth-order valence-electron chi connectivity index (χ4n) is 2.48. The standard InChI is InChI=1S/C19H25N/c1-16(18-9-5-3-6-10-18)13-14-20-15-17(2)19-11-7-4-8-12-19/h3-12,16-17,20H,13-15H2,1-2H3. The molecular formula is C19H25N. The van der Waals surface area contributed by atoms with Crippen LogP contribution in [0.25, 0.3) is 0 Å². The van der Waals surface area contributed by atoms with E-state index in [1.807, 2.05) is 0 Å². The van der Waals surface area contributed by atoms with Gasteiger partial charge in [0, 0.05) is 6.54 Å². The van der Waals surface area contributed by atoms with Crippen LogP contribution in [-0.2, 0) is 0 Å². The summed E-state index contributed by atoms with van der Waals surface area (Å²) in [6, 6.07) is 21.5. The molecule has 0 saturated heterocycles. The molecule has 2 unspecified atom stereocenters. The Bertz CT molecular complexity index is 430. The maximum atomic E-state index is 3.58. The summed E-state index contributed by atoms with van der Waals surface area (Å²) in [6.45, 7) is 6.71. The first-order valence-corrected chi connectivity index (χ1v) is 7.58. The zero-order valence-corrected chi connectivity index (χ0v) is 12.5. The van der Waals surface area contributed by atoms with Gasteiger partial charge in [0.05, 0.1) is 0 Å². The first kappa shape index (κ1) is 14.8. The zero-order valence-electron chi connectivity index (χ0n) is 12.5. The molecule has 0 saturated carbocycles. The molecule has 1 N–H and O–H groups in total. The molecule has 1 nitrogen and oxygen atoms in total. The third kappa shape index (κ3) is 4.50. The second kappa shape index (κ2) is 7.86. The molecule has 20 heavy (non-hydrogen) atoms. The van der Waals surface area contributed by atoms with Crippen LogP contribution in [0.15, 0.2) is 60.7 Å². The van der Waals surface area contributed by atoms with Crippen molar-refractivity contribution in [3.05, 3.63) is 71.8 Å². The Labute approximate surface area is 123 Å². The van der Waals surface area contributed by atoms with Crippen LogP contribution >= 0.6 is 0 Å². The van der Waals surface area contributed by atoms with E-state index in [0.29, 0.717) is 11.8 Å². The van der Waals surface area contributed by atoms with Gasteiger partial charge in [-0.3, -0.25) is 0 Å². The van der Waals surface area contributed by atoms with Gasteiger partial charge in [-0.05, 0) is 35.9 Å². The van der Waals surface area contributed by atoms with Crippen LogP contribution in [0.1, 0.15) is 43.2 Å². The van der Waals surface area contributed by atoms with Crippen molar-refractivity contribution in [1.29, 1.82) is 0 Å². The highest BCUT2D eigenvalue weighted by atomic mass is 14.8. The first-order valence-electron chi connectivity index (χ1n) is 7.58. The Kier molecular flexibility index (Phi) is 5.82. The van der Waals surface area contributed by atoms with Crippen molar-refractivity contribution in [2.45, 2.75) is 32.1 Å². The summed E-state index contributed by atoms with van der Waals surface area (Å²) in [6.07, 6.45) is 1.19. The minimum absolute atomic E-state index is 0.572. The van der Waals surface area contributed by atoms with Gasteiger partial charge >= 0.3 is 0 Å². The quantitative estimate of drug-likeness (QED) is 0.724. The molecule has 106 valence electrons. The van der Waals surface area contributed by atoms with E-state index in [0.717, 1.165) is 13.1 Å². The minimum atomic E-state index is 0.572. The van der Waals surface area contributed by atoms with E-state index < -0.39 is 0 Å². The Morgan fingerprint density at radius 3 is 1.80 bits per heavy atom. The number of benzene rings is 2. The van der Waals surface area contributed by atoms with Gasteiger partial charge in [-0.1, -0.05) is 74.5 Å². The molecule has 2 aromatic carbocycles. The summed E-state index contributed by atoms with van der Waals surface area (Å²) >= 11 is 0. The summed E-state index contributed by atoms with van der Waals surface area (Å²) in [5, 5.41) is 3.58. The predicted octanol–water partition coefficient (Wildman–Crippen LogP) is 4.57. The van der Waals surface area contributed by atoms with E-state index in [-0.39, 0.29) is 0 Å². The lowest BCUT2D eigenvalue weighted by Crippen LogP contribution is -2.22. The Morgan fingerprint density at radius 2 is 1.25 bits per heavy atom. The average molecular weight is 267 g/mol. The zero-order chi connectivity index (χ0) is 14.2. The number of rotatable bonds is 7. The van der Waals surface area contributed by atoms with Crippen molar-refractivity contribution in [3.8, 4) is 0 Å². The molecule has 0 fully saturated rings. The molecule has 0 aliphatic heterocycles. The molecule has 0 aliphatic carbocycles. The van der Waals surface area contributed by atoms with Crippen molar-refractivity contribution in [1.82, 2.24) is 5.32 Å². The second-order valence-electron chi connectivity index (χ2n) is 5.62. The lowest BCUT2D eigenvalue weighted by Gasteiger charge is -2.15. The molecule has 2 aromatic rings. The maximum Gasteiger partial charge on any atom is 0.00174 e. The van der Waals surface area contributed by atoms with Gasteiger partial charge in [0.2, 0.25) is 0 Å². The Morgan fingerprint density at radius 1 is 0.750 bits per heavy atom. The number of hydrogen-bond donors (Lipinski definition) is 1. The van der Waals surface area contributed by atoms with Crippen LogP contribution in [-0.4, -0.2) is 13.1 Å². The largest absolute Gasteiger partial charge is 0.316 e. The molecule has 0 bridgehead atoms. The third-order valence-electron chi connectivity index (χ3n) is 3.94. The van der Waals surface area contributed by atoms with Crippen LogP contribution in [0.5, 0.6) is 0 Å². The lowest BCUT2D eigenvalue weighted by molar-refractivity contribution is 0.564. The summed E-state index contributed by atoms with van der Waals surface area (Å²) in [7, 11) is 0. The molecule has 1 heteroatoms. The number of hydrogen-bond acceptors (Lipinski definition) is 1. The molecule has 0 amide bonds. The van der Waals surface area contributed by atoms with Crippen LogP contribution in [0, 0.1) is 0 Å². The molecule has 2 rings (SSSR count). The van der Waals surface area contributed by atoms with E-state index in [4.69, 9.17) is 0 Å². The molecule has 0 aliphatic rings. The minimum Gasteiger partial charge on any atom is -0.316 e. The van der Waals surface area contributed by atoms with Crippen molar-refractivity contribution in [2.24, 2.45) is 0 Å². The monoisotopic (exact) mass is 267 g/mol. The van der Waals surface area contributed by atoms with Crippen LogP contribution < -0.4 is 5.32 Å². The normalized spacial score (nSPS) is 13.9. The lowest BCUT2D eigenvalue weighted by atomic mass is 9.97. The molecule has 2 atom stereocenters. The average Bonchev–Trinajstić information content (AvgIpc) is 2.53. The first-order chi connectivity index (χ1) is 9.77. The van der Waals surface area contributed by atoms with E-state index >= 15 is 0 Å². The van der Waals surface area contributed by atoms with E-state index in [1.165, 1.54) is 17.5 Å². The van der Waals surface area contributed by atoms with Crippen molar-refractivity contribution in [3.63, 3.8) is 0 Å². The van der Waals surface area contributed by atoms with Gasteiger partial charge in [0.15, 0.2) is 0 Å². The Hall–Kier alpha value is -1.60. The highest BCUT2D eigenvalue weighted by molar-refractivity contribution is 5.19. The van der Waals surface area contributed by atoms with E-state index in [9.17, 15) is 0 Å². The molecule has 0 heterocycles. The topological polar surface area (TPSA) is 12.0 Å². The third-order valence-corrected chi connectivity index (χ3v) is 3.94. The van der Waals surface area contributed by atoms with Crippen LogP contribution in [0.4, 0.5) is 0 Å². The molecule has 0 aromatic heterocycles.